The van der Waals surface area contributed by atoms with Gasteiger partial charge in [0.1, 0.15) is 5.69 Å². The maximum atomic E-state index is 12.4. The molecular formula is C13H20BrN3O. The molecule has 1 aliphatic rings. The molecule has 1 saturated carbocycles. The van der Waals surface area contributed by atoms with Gasteiger partial charge in [-0.1, -0.05) is 13.3 Å². The summed E-state index contributed by atoms with van der Waals surface area (Å²) in [5.74, 6) is 0.165. The number of hydrogen-bond acceptors (Lipinski definition) is 3. The Hall–Kier alpha value is -0.680. The summed E-state index contributed by atoms with van der Waals surface area (Å²) in [5, 5.41) is 4.24. The third-order valence-electron chi connectivity index (χ3n) is 3.88. The lowest BCUT2D eigenvalue weighted by Gasteiger charge is -2.40. The number of carbonyl (C=O) groups excluding carboxylic acids is 1. The van der Waals surface area contributed by atoms with E-state index in [9.17, 15) is 4.79 Å². The fourth-order valence-electron chi connectivity index (χ4n) is 2.58. The standard InChI is InChI=1S/C13H20BrN3O/c1-2-6-17-12(10(14)8-16-17)11(18)7-13(9-15)4-3-5-13/h8H,2-7,9,15H2,1H3. The predicted octanol–water partition coefficient (Wildman–Crippen LogP) is 2.76. The number of aromatic nitrogens is 2. The van der Waals surface area contributed by atoms with Gasteiger partial charge in [-0.3, -0.25) is 9.48 Å². The van der Waals surface area contributed by atoms with Gasteiger partial charge in [0.05, 0.1) is 10.7 Å². The van der Waals surface area contributed by atoms with Crippen LogP contribution in [-0.2, 0) is 6.54 Å². The van der Waals surface area contributed by atoms with Gasteiger partial charge in [-0.2, -0.15) is 5.10 Å². The molecule has 5 heteroatoms. The molecule has 1 fully saturated rings. The number of halogens is 1. The van der Waals surface area contributed by atoms with E-state index >= 15 is 0 Å². The maximum Gasteiger partial charge on any atom is 0.182 e. The predicted molar refractivity (Wildman–Crippen MR) is 74.5 cm³/mol. The van der Waals surface area contributed by atoms with Gasteiger partial charge in [-0.25, -0.2) is 0 Å². The lowest BCUT2D eigenvalue weighted by Crippen LogP contribution is -2.39. The van der Waals surface area contributed by atoms with Crippen LogP contribution in [0.25, 0.3) is 0 Å². The van der Waals surface area contributed by atoms with Crippen LogP contribution in [-0.4, -0.2) is 22.1 Å². The minimum atomic E-state index is 0.0534. The molecule has 0 aliphatic heterocycles. The zero-order chi connectivity index (χ0) is 13.2. The van der Waals surface area contributed by atoms with E-state index in [-0.39, 0.29) is 11.2 Å². The highest BCUT2D eigenvalue weighted by Crippen LogP contribution is 2.43. The molecule has 0 radical (unpaired) electrons. The zero-order valence-corrected chi connectivity index (χ0v) is 12.4. The first-order valence-corrected chi connectivity index (χ1v) is 7.36. The highest BCUT2D eigenvalue weighted by atomic mass is 79.9. The molecule has 2 rings (SSSR count). The van der Waals surface area contributed by atoms with E-state index in [1.807, 2.05) is 0 Å². The van der Waals surface area contributed by atoms with Crippen molar-refractivity contribution >= 4 is 21.7 Å². The quantitative estimate of drug-likeness (QED) is 0.821. The van der Waals surface area contributed by atoms with E-state index in [4.69, 9.17) is 5.73 Å². The van der Waals surface area contributed by atoms with Crippen molar-refractivity contribution in [3.05, 3.63) is 16.4 Å². The van der Waals surface area contributed by atoms with Gasteiger partial charge in [-0.05, 0) is 47.2 Å². The van der Waals surface area contributed by atoms with Gasteiger partial charge in [0.2, 0.25) is 0 Å². The number of aryl methyl sites for hydroxylation is 1. The number of nitrogens with zero attached hydrogens (tertiary/aromatic N) is 2. The van der Waals surface area contributed by atoms with Crippen LogP contribution in [0.1, 0.15) is 49.5 Å². The second-order valence-electron chi connectivity index (χ2n) is 5.22. The largest absolute Gasteiger partial charge is 0.330 e. The second kappa shape index (κ2) is 5.53. The molecule has 100 valence electrons. The minimum Gasteiger partial charge on any atom is -0.330 e. The molecule has 4 nitrogen and oxygen atoms in total. The third-order valence-corrected chi connectivity index (χ3v) is 4.46. The second-order valence-corrected chi connectivity index (χ2v) is 6.08. The average Bonchev–Trinajstić information content (AvgIpc) is 2.66. The van der Waals surface area contributed by atoms with Gasteiger partial charge in [0.15, 0.2) is 5.78 Å². The summed E-state index contributed by atoms with van der Waals surface area (Å²) in [7, 11) is 0. The monoisotopic (exact) mass is 313 g/mol. The Morgan fingerprint density at radius 2 is 2.33 bits per heavy atom. The van der Waals surface area contributed by atoms with E-state index in [2.05, 4.69) is 28.0 Å². The molecular weight excluding hydrogens is 294 g/mol. The van der Waals surface area contributed by atoms with Crippen LogP contribution >= 0.6 is 15.9 Å². The lowest BCUT2D eigenvalue weighted by atomic mass is 9.66. The van der Waals surface area contributed by atoms with Gasteiger partial charge in [-0.15, -0.1) is 0 Å². The summed E-state index contributed by atoms with van der Waals surface area (Å²) in [5.41, 5.74) is 6.58. The highest BCUT2D eigenvalue weighted by molar-refractivity contribution is 9.10. The molecule has 18 heavy (non-hydrogen) atoms. The first-order valence-electron chi connectivity index (χ1n) is 6.56. The first kappa shape index (κ1) is 13.7. The number of Topliss-reactive ketones (excluding diaryl/α,β-unsaturated/α-hetero) is 1. The molecule has 1 aromatic heterocycles. The Kier molecular flexibility index (Phi) is 4.22. The van der Waals surface area contributed by atoms with E-state index in [1.54, 1.807) is 10.9 Å². The van der Waals surface area contributed by atoms with Crippen LogP contribution in [0.3, 0.4) is 0 Å². The van der Waals surface area contributed by atoms with Crippen molar-refractivity contribution in [2.75, 3.05) is 6.54 Å². The fraction of sp³-hybridized carbons (Fsp3) is 0.692. The Morgan fingerprint density at radius 1 is 1.61 bits per heavy atom. The Morgan fingerprint density at radius 3 is 2.83 bits per heavy atom. The summed E-state index contributed by atoms with van der Waals surface area (Å²) < 4.78 is 2.60. The summed E-state index contributed by atoms with van der Waals surface area (Å²) in [4.78, 5) is 12.4. The van der Waals surface area contributed by atoms with Crippen LogP contribution in [0.2, 0.25) is 0 Å². The van der Waals surface area contributed by atoms with Crippen LogP contribution in [0.5, 0.6) is 0 Å². The highest BCUT2D eigenvalue weighted by Gasteiger charge is 2.38. The molecule has 1 aliphatic carbocycles. The molecule has 0 bridgehead atoms. The van der Waals surface area contributed by atoms with E-state index in [0.29, 0.717) is 18.7 Å². The molecule has 1 heterocycles. The number of nitrogens with two attached hydrogens (primary N) is 1. The van der Waals surface area contributed by atoms with Gasteiger partial charge < -0.3 is 5.73 Å². The van der Waals surface area contributed by atoms with Gasteiger partial charge >= 0.3 is 0 Å². The number of ketones is 1. The number of rotatable bonds is 6. The van der Waals surface area contributed by atoms with Crippen LogP contribution in [0, 0.1) is 5.41 Å². The normalized spacial score (nSPS) is 17.5. The Bertz CT molecular complexity index is 432. The van der Waals surface area contributed by atoms with Crippen molar-refractivity contribution in [2.24, 2.45) is 11.1 Å². The van der Waals surface area contributed by atoms with Crippen molar-refractivity contribution in [1.82, 2.24) is 9.78 Å². The van der Waals surface area contributed by atoms with Gasteiger partial charge in [0, 0.05) is 13.0 Å². The topological polar surface area (TPSA) is 60.9 Å². The molecule has 0 amide bonds. The molecule has 0 spiro atoms. The van der Waals surface area contributed by atoms with Crippen LogP contribution in [0.15, 0.2) is 10.7 Å². The van der Waals surface area contributed by atoms with E-state index in [0.717, 1.165) is 30.3 Å². The first-order chi connectivity index (χ1) is 8.62. The van der Waals surface area contributed by atoms with E-state index < -0.39 is 0 Å². The van der Waals surface area contributed by atoms with Crippen molar-refractivity contribution < 1.29 is 4.79 Å². The maximum absolute atomic E-state index is 12.4. The molecule has 2 N–H and O–H groups in total. The molecule has 0 aromatic carbocycles. The SMILES string of the molecule is CCCn1ncc(Br)c1C(=O)CC1(CN)CCC1. The summed E-state index contributed by atoms with van der Waals surface area (Å²) in [6, 6.07) is 0. The number of hydrogen-bond donors (Lipinski definition) is 1. The fourth-order valence-corrected chi connectivity index (χ4v) is 3.09. The lowest BCUT2D eigenvalue weighted by molar-refractivity contribution is 0.0775. The van der Waals surface area contributed by atoms with Gasteiger partial charge in [0.25, 0.3) is 0 Å². The van der Waals surface area contributed by atoms with Crippen molar-refractivity contribution in [1.29, 1.82) is 0 Å². The third kappa shape index (κ3) is 2.52. The van der Waals surface area contributed by atoms with Crippen LogP contribution < -0.4 is 5.73 Å². The van der Waals surface area contributed by atoms with Crippen LogP contribution in [0.4, 0.5) is 0 Å². The Balaban J connectivity index is 2.15. The van der Waals surface area contributed by atoms with E-state index in [1.165, 1.54) is 6.42 Å². The average molecular weight is 314 g/mol. The minimum absolute atomic E-state index is 0.0534. The van der Waals surface area contributed by atoms with Crippen molar-refractivity contribution in [3.8, 4) is 0 Å². The zero-order valence-electron chi connectivity index (χ0n) is 10.8. The summed E-state index contributed by atoms with van der Waals surface area (Å²) >= 11 is 3.42. The number of carbonyl (C=O) groups is 1. The molecule has 0 saturated heterocycles. The Labute approximate surface area is 116 Å². The summed E-state index contributed by atoms with van der Waals surface area (Å²) in [6.45, 7) is 3.47. The molecule has 1 aromatic rings. The smallest absolute Gasteiger partial charge is 0.182 e. The molecule has 0 atom stereocenters. The molecule has 0 unspecified atom stereocenters. The van der Waals surface area contributed by atoms with Crippen molar-refractivity contribution in [3.63, 3.8) is 0 Å². The summed E-state index contributed by atoms with van der Waals surface area (Å²) in [6.07, 6.45) is 6.58. The van der Waals surface area contributed by atoms with Crippen molar-refractivity contribution in [2.45, 2.75) is 45.6 Å².